The van der Waals surface area contributed by atoms with Crippen molar-refractivity contribution in [2.75, 3.05) is 25.9 Å². The van der Waals surface area contributed by atoms with Crippen LogP contribution in [-0.4, -0.2) is 45.2 Å². The molecule has 0 aromatic heterocycles. The molecule has 0 spiro atoms. The minimum absolute atomic E-state index is 0.394. The van der Waals surface area contributed by atoms with Crippen molar-refractivity contribution >= 4 is 9.84 Å². The Hall–Kier alpha value is -0.910. The van der Waals surface area contributed by atoms with Crippen molar-refractivity contribution in [3.63, 3.8) is 0 Å². The van der Waals surface area contributed by atoms with Gasteiger partial charge in [0.2, 0.25) is 0 Å². The number of rotatable bonds is 5. The number of sulfone groups is 1. The number of nitrogens with one attached hydrogen (secondary N) is 1. The largest absolute Gasteiger partial charge is 0.311 e. The van der Waals surface area contributed by atoms with Gasteiger partial charge >= 0.3 is 0 Å². The van der Waals surface area contributed by atoms with E-state index in [0.717, 1.165) is 26.2 Å². The molecule has 1 N–H and O–H groups in total. The van der Waals surface area contributed by atoms with Crippen LogP contribution in [0.25, 0.3) is 0 Å². The molecule has 1 atom stereocenters. The normalized spacial score (nSPS) is 21.0. The molecule has 0 saturated carbocycles. The molecular formula is C15H24N2O2S. The van der Waals surface area contributed by atoms with Crippen LogP contribution in [0, 0.1) is 0 Å². The Morgan fingerprint density at radius 2 is 2.00 bits per heavy atom. The van der Waals surface area contributed by atoms with E-state index in [0.29, 0.717) is 10.9 Å². The summed E-state index contributed by atoms with van der Waals surface area (Å²) in [6.07, 6.45) is 3.66. The molecule has 112 valence electrons. The number of benzene rings is 1. The maximum atomic E-state index is 11.4. The topological polar surface area (TPSA) is 49.4 Å². The van der Waals surface area contributed by atoms with Crippen molar-refractivity contribution < 1.29 is 8.42 Å². The molecule has 5 heteroatoms. The van der Waals surface area contributed by atoms with Crippen LogP contribution in [0.15, 0.2) is 29.2 Å². The molecule has 1 aliphatic rings. The van der Waals surface area contributed by atoms with E-state index in [1.165, 1.54) is 24.7 Å². The van der Waals surface area contributed by atoms with E-state index >= 15 is 0 Å². The highest BCUT2D eigenvalue weighted by Crippen LogP contribution is 2.14. The van der Waals surface area contributed by atoms with Crippen molar-refractivity contribution in [2.45, 2.75) is 37.2 Å². The van der Waals surface area contributed by atoms with Gasteiger partial charge in [-0.2, -0.15) is 0 Å². The molecule has 1 aliphatic heterocycles. The highest BCUT2D eigenvalue weighted by molar-refractivity contribution is 7.90. The molecule has 1 saturated heterocycles. The maximum absolute atomic E-state index is 11.4. The third kappa shape index (κ3) is 4.30. The summed E-state index contributed by atoms with van der Waals surface area (Å²) in [6.45, 7) is 6.26. The lowest BCUT2D eigenvalue weighted by Gasteiger charge is -2.33. The summed E-state index contributed by atoms with van der Waals surface area (Å²) in [6, 6.07) is 7.84. The number of piperazine rings is 1. The molecule has 0 bridgehead atoms. The third-order valence-electron chi connectivity index (χ3n) is 3.73. The third-order valence-corrected chi connectivity index (χ3v) is 4.86. The SMILES string of the molecule is CCCC1CN(Cc2ccc(S(C)(=O)=O)cc2)CCN1. The zero-order valence-electron chi connectivity index (χ0n) is 12.3. The molecule has 1 unspecified atom stereocenters. The van der Waals surface area contributed by atoms with E-state index in [1.807, 2.05) is 12.1 Å². The van der Waals surface area contributed by atoms with Gasteiger partial charge < -0.3 is 5.32 Å². The van der Waals surface area contributed by atoms with Gasteiger partial charge in [0, 0.05) is 38.5 Å². The molecular weight excluding hydrogens is 272 g/mol. The van der Waals surface area contributed by atoms with Gasteiger partial charge in [-0.1, -0.05) is 25.5 Å². The van der Waals surface area contributed by atoms with Gasteiger partial charge in [0.05, 0.1) is 4.90 Å². The summed E-state index contributed by atoms with van der Waals surface area (Å²) >= 11 is 0. The zero-order valence-corrected chi connectivity index (χ0v) is 13.1. The summed E-state index contributed by atoms with van der Waals surface area (Å²) < 4.78 is 22.9. The number of hydrogen-bond acceptors (Lipinski definition) is 4. The fourth-order valence-corrected chi connectivity index (χ4v) is 3.31. The lowest BCUT2D eigenvalue weighted by molar-refractivity contribution is 0.187. The Bertz CT molecular complexity index is 523. The van der Waals surface area contributed by atoms with Crippen LogP contribution in [0.1, 0.15) is 25.3 Å². The quantitative estimate of drug-likeness (QED) is 0.898. The molecule has 20 heavy (non-hydrogen) atoms. The van der Waals surface area contributed by atoms with E-state index < -0.39 is 9.84 Å². The van der Waals surface area contributed by atoms with Gasteiger partial charge in [0.1, 0.15) is 0 Å². The Labute approximate surface area is 122 Å². The van der Waals surface area contributed by atoms with Crippen LogP contribution < -0.4 is 5.32 Å². The van der Waals surface area contributed by atoms with Crippen molar-refractivity contribution in [2.24, 2.45) is 0 Å². The van der Waals surface area contributed by atoms with Crippen LogP contribution in [0.4, 0.5) is 0 Å². The molecule has 1 aromatic rings. The summed E-state index contributed by atoms with van der Waals surface area (Å²) in [4.78, 5) is 2.83. The van der Waals surface area contributed by atoms with Gasteiger partial charge in [-0.25, -0.2) is 8.42 Å². The van der Waals surface area contributed by atoms with E-state index in [-0.39, 0.29) is 0 Å². The second-order valence-electron chi connectivity index (χ2n) is 5.59. The Kier molecular flexibility index (Phi) is 5.18. The summed E-state index contributed by atoms with van der Waals surface area (Å²) in [5.41, 5.74) is 1.18. The van der Waals surface area contributed by atoms with Gasteiger partial charge in [0.15, 0.2) is 9.84 Å². The average molecular weight is 296 g/mol. The summed E-state index contributed by atoms with van der Waals surface area (Å²) in [5.74, 6) is 0. The van der Waals surface area contributed by atoms with E-state index in [1.54, 1.807) is 12.1 Å². The number of hydrogen-bond donors (Lipinski definition) is 1. The molecule has 1 fully saturated rings. The number of nitrogens with zero attached hydrogens (tertiary/aromatic N) is 1. The second-order valence-corrected chi connectivity index (χ2v) is 7.61. The van der Waals surface area contributed by atoms with E-state index in [9.17, 15) is 8.42 Å². The highest BCUT2D eigenvalue weighted by Gasteiger charge is 2.18. The Balaban J connectivity index is 1.96. The van der Waals surface area contributed by atoms with Gasteiger partial charge in [0.25, 0.3) is 0 Å². The molecule has 4 nitrogen and oxygen atoms in total. The molecule has 1 heterocycles. The molecule has 1 aromatic carbocycles. The van der Waals surface area contributed by atoms with Crippen LogP contribution >= 0.6 is 0 Å². The molecule has 0 aliphatic carbocycles. The zero-order chi connectivity index (χ0) is 14.6. The minimum atomic E-state index is -3.09. The predicted molar refractivity (Wildman–Crippen MR) is 81.5 cm³/mol. The minimum Gasteiger partial charge on any atom is -0.311 e. The van der Waals surface area contributed by atoms with Crippen LogP contribution in [0.5, 0.6) is 0 Å². The molecule has 0 radical (unpaired) electrons. The van der Waals surface area contributed by atoms with Crippen LogP contribution in [-0.2, 0) is 16.4 Å². The second kappa shape index (κ2) is 6.70. The van der Waals surface area contributed by atoms with Gasteiger partial charge in [-0.05, 0) is 24.1 Å². The fraction of sp³-hybridized carbons (Fsp3) is 0.600. The first-order chi connectivity index (χ1) is 9.49. The van der Waals surface area contributed by atoms with E-state index in [4.69, 9.17) is 0 Å². The smallest absolute Gasteiger partial charge is 0.175 e. The summed E-state index contributed by atoms with van der Waals surface area (Å²) in [7, 11) is -3.09. The van der Waals surface area contributed by atoms with Crippen molar-refractivity contribution in [3.8, 4) is 0 Å². The van der Waals surface area contributed by atoms with Crippen molar-refractivity contribution in [3.05, 3.63) is 29.8 Å². The van der Waals surface area contributed by atoms with E-state index in [2.05, 4.69) is 17.1 Å². The first-order valence-electron chi connectivity index (χ1n) is 7.24. The standard InChI is InChI=1S/C15H24N2O2S/c1-3-4-14-12-17(10-9-16-14)11-13-5-7-15(8-6-13)20(2,18)19/h5-8,14,16H,3-4,9-12H2,1-2H3. The van der Waals surface area contributed by atoms with Crippen molar-refractivity contribution in [1.29, 1.82) is 0 Å². The lowest BCUT2D eigenvalue weighted by atomic mass is 10.1. The Morgan fingerprint density at radius 1 is 1.30 bits per heavy atom. The van der Waals surface area contributed by atoms with Crippen molar-refractivity contribution in [1.82, 2.24) is 10.2 Å². The average Bonchev–Trinajstić information content (AvgIpc) is 2.39. The first kappa shape index (κ1) is 15.5. The lowest BCUT2D eigenvalue weighted by Crippen LogP contribution is -2.50. The van der Waals surface area contributed by atoms with Gasteiger partial charge in [-0.3, -0.25) is 4.90 Å². The predicted octanol–water partition coefficient (Wildman–Crippen LogP) is 1.66. The van der Waals surface area contributed by atoms with Gasteiger partial charge in [-0.15, -0.1) is 0 Å². The highest BCUT2D eigenvalue weighted by atomic mass is 32.2. The Morgan fingerprint density at radius 3 is 2.60 bits per heavy atom. The first-order valence-corrected chi connectivity index (χ1v) is 9.13. The van der Waals surface area contributed by atoms with Crippen LogP contribution in [0.2, 0.25) is 0 Å². The molecule has 0 amide bonds. The fourth-order valence-electron chi connectivity index (χ4n) is 2.68. The van der Waals surface area contributed by atoms with Crippen LogP contribution in [0.3, 0.4) is 0 Å². The monoisotopic (exact) mass is 296 g/mol. The maximum Gasteiger partial charge on any atom is 0.175 e. The summed E-state index contributed by atoms with van der Waals surface area (Å²) in [5, 5.41) is 3.54. The molecule has 2 rings (SSSR count).